The Balaban J connectivity index is 2.81. The second kappa shape index (κ2) is 5.22. The summed E-state index contributed by atoms with van der Waals surface area (Å²) in [4.78, 5) is 0. The molecule has 1 heteroatoms. The molecule has 2 atom stereocenters. The molecule has 1 nitrogen and oxygen atoms in total. The van der Waals surface area contributed by atoms with E-state index in [1.54, 1.807) is 7.11 Å². The zero-order chi connectivity index (χ0) is 10.4. The van der Waals surface area contributed by atoms with Crippen molar-refractivity contribution in [3.8, 4) is 12.3 Å². The van der Waals surface area contributed by atoms with E-state index in [-0.39, 0.29) is 5.60 Å². The van der Waals surface area contributed by atoms with Crippen molar-refractivity contribution in [3.05, 3.63) is 12.2 Å². The molecular formula is C13H20O. The van der Waals surface area contributed by atoms with E-state index in [2.05, 4.69) is 18.1 Å². The SMILES string of the molecule is C#CC[C@@H]1CCCC[C@]1(/C=C/C)OC. The minimum absolute atomic E-state index is 0.0840. The third kappa shape index (κ3) is 2.19. The average Bonchev–Trinajstić information content (AvgIpc) is 2.22. The van der Waals surface area contributed by atoms with Crippen LogP contribution in [0.3, 0.4) is 0 Å². The summed E-state index contributed by atoms with van der Waals surface area (Å²) >= 11 is 0. The molecule has 0 N–H and O–H groups in total. The summed E-state index contributed by atoms with van der Waals surface area (Å²) in [5, 5.41) is 0. The first-order chi connectivity index (χ1) is 6.79. The zero-order valence-corrected chi connectivity index (χ0v) is 9.25. The number of terminal acetylenes is 1. The quantitative estimate of drug-likeness (QED) is 0.493. The van der Waals surface area contributed by atoms with Gasteiger partial charge in [0.05, 0.1) is 5.60 Å². The molecule has 1 rings (SSSR count). The van der Waals surface area contributed by atoms with Gasteiger partial charge in [0, 0.05) is 19.4 Å². The zero-order valence-electron chi connectivity index (χ0n) is 9.25. The lowest BCUT2D eigenvalue weighted by Gasteiger charge is -2.40. The van der Waals surface area contributed by atoms with Gasteiger partial charge >= 0.3 is 0 Å². The molecule has 1 saturated carbocycles. The molecule has 0 aromatic heterocycles. The topological polar surface area (TPSA) is 9.23 Å². The summed E-state index contributed by atoms with van der Waals surface area (Å²) in [5.74, 6) is 3.27. The summed E-state index contributed by atoms with van der Waals surface area (Å²) in [6.45, 7) is 2.04. The summed E-state index contributed by atoms with van der Waals surface area (Å²) < 4.78 is 5.70. The standard InChI is InChI=1S/C13H20O/c1-4-8-12-9-6-7-11-13(12,14-3)10-5-2/h1,5,10,12H,6-9,11H2,2-3H3/b10-5+/t12-,13+/m1/s1. The van der Waals surface area contributed by atoms with E-state index < -0.39 is 0 Å². The second-order valence-corrected chi connectivity index (χ2v) is 4.01. The smallest absolute Gasteiger partial charge is 0.0895 e. The van der Waals surface area contributed by atoms with E-state index in [1.165, 1.54) is 19.3 Å². The molecule has 0 bridgehead atoms. The van der Waals surface area contributed by atoms with E-state index in [1.807, 2.05) is 6.92 Å². The van der Waals surface area contributed by atoms with Crippen molar-refractivity contribution in [2.45, 2.75) is 44.6 Å². The molecule has 0 radical (unpaired) electrons. The van der Waals surface area contributed by atoms with Crippen LogP contribution in [-0.2, 0) is 4.74 Å². The Morgan fingerprint density at radius 3 is 2.93 bits per heavy atom. The Morgan fingerprint density at radius 1 is 1.57 bits per heavy atom. The average molecular weight is 192 g/mol. The first-order valence-electron chi connectivity index (χ1n) is 5.41. The third-order valence-corrected chi connectivity index (χ3v) is 3.25. The summed E-state index contributed by atoms with van der Waals surface area (Å²) in [5.41, 5.74) is -0.0840. The minimum Gasteiger partial charge on any atom is -0.374 e. The van der Waals surface area contributed by atoms with Gasteiger partial charge in [-0.1, -0.05) is 25.0 Å². The highest BCUT2D eigenvalue weighted by atomic mass is 16.5. The van der Waals surface area contributed by atoms with Crippen LogP contribution >= 0.6 is 0 Å². The van der Waals surface area contributed by atoms with Crippen molar-refractivity contribution in [2.75, 3.05) is 7.11 Å². The van der Waals surface area contributed by atoms with Gasteiger partial charge in [-0.05, 0) is 19.8 Å². The fourth-order valence-corrected chi connectivity index (χ4v) is 2.50. The molecule has 0 aliphatic heterocycles. The molecule has 0 saturated heterocycles. The van der Waals surface area contributed by atoms with E-state index in [0.717, 1.165) is 12.8 Å². The van der Waals surface area contributed by atoms with Gasteiger partial charge < -0.3 is 4.74 Å². The summed E-state index contributed by atoms with van der Waals surface area (Å²) in [6, 6.07) is 0. The Hall–Kier alpha value is -0.740. The van der Waals surface area contributed by atoms with Crippen LogP contribution in [0.1, 0.15) is 39.0 Å². The first-order valence-corrected chi connectivity index (χ1v) is 5.41. The fraction of sp³-hybridized carbons (Fsp3) is 0.692. The molecular weight excluding hydrogens is 172 g/mol. The maximum absolute atomic E-state index is 5.70. The number of ether oxygens (including phenoxy) is 1. The molecule has 0 aromatic rings. The highest BCUT2D eigenvalue weighted by Crippen LogP contribution is 2.39. The van der Waals surface area contributed by atoms with Crippen LogP contribution in [0.15, 0.2) is 12.2 Å². The van der Waals surface area contributed by atoms with Gasteiger partial charge in [-0.3, -0.25) is 0 Å². The van der Waals surface area contributed by atoms with Gasteiger partial charge in [0.25, 0.3) is 0 Å². The van der Waals surface area contributed by atoms with Crippen molar-refractivity contribution >= 4 is 0 Å². The van der Waals surface area contributed by atoms with Crippen LogP contribution in [0.2, 0.25) is 0 Å². The second-order valence-electron chi connectivity index (χ2n) is 4.01. The molecule has 0 unspecified atom stereocenters. The molecule has 1 fully saturated rings. The maximum Gasteiger partial charge on any atom is 0.0895 e. The maximum atomic E-state index is 5.70. The highest BCUT2D eigenvalue weighted by molar-refractivity contribution is 5.09. The number of allylic oxidation sites excluding steroid dienone is 1. The Bertz CT molecular complexity index is 236. The van der Waals surface area contributed by atoms with Gasteiger partial charge in [-0.15, -0.1) is 12.3 Å². The molecule has 78 valence electrons. The lowest BCUT2D eigenvalue weighted by Crippen LogP contribution is -2.40. The molecule has 0 amide bonds. The highest BCUT2D eigenvalue weighted by Gasteiger charge is 2.37. The van der Waals surface area contributed by atoms with Crippen LogP contribution in [0.4, 0.5) is 0 Å². The van der Waals surface area contributed by atoms with Crippen molar-refractivity contribution in [3.63, 3.8) is 0 Å². The van der Waals surface area contributed by atoms with Gasteiger partial charge in [-0.25, -0.2) is 0 Å². The van der Waals surface area contributed by atoms with Crippen molar-refractivity contribution in [1.29, 1.82) is 0 Å². The van der Waals surface area contributed by atoms with Crippen LogP contribution in [0.5, 0.6) is 0 Å². The van der Waals surface area contributed by atoms with E-state index >= 15 is 0 Å². The number of rotatable bonds is 3. The molecule has 1 aliphatic rings. The molecule has 0 spiro atoms. The Labute approximate surface area is 87.5 Å². The van der Waals surface area contributed by atoms with Crippen LogP contribution in [0.25, 0.3) is 0 Å². The van der Waals surface area contributed by atoms with Crippen LogP contribution in [-0.4, -0.2) is 12.7 Å². The van der Waals surface area contributed by atoms with Gasteiger partial charge in [0.1, 0.15) is 0 Å². The molecule has 14 heavy (non-hydrogen) atoms. The predicted octanol–water partition coefficient (Wildman–Crippen LogP) is 3.16. The normalized spacial score (nSPS) is 33.1. The summed E-state index contributed by atoms with van der Waals surface area (Å²) in [6.07, 6.45) is 15.3. The minimum atomic E-state index is -0.0840. The van der Waals surface area contributed by atoms with Gasteiger partial charge in [-0.2, -0.15) is 0 Å². The van der Waals surface area contributed by atoms with Gasteiger partial charge in [0.2, 0.25) is 0 Å². The molecule has 0 aromatic carbocycles. The lowest BCUT2D eigenvalue weighted by molar-refractivity contribution is -0.0422. The number of methoxy groups -OCH3 is 1. The predicted molar refractivity (Wildman–Crippen MR) is 60.0 cm³/mol. The fourth-order valence-electron chi connectivity index (χ4n) is 2.50. The van der Waals surface area contributed by atoms with Crippen molar-refractivity contribution in [1.82, 2.24) is 0 Å². The third-order valence-electron chi connectivity index (χ3n) is 3.25. The Morgan fingerprint density at radius 2 is 2.36 bits per heavy atom. The van der Waals surface area contributed by atoms with Gasteiger partial charge in [0.15, 0.2) is 0 Å². The first kappa shape index (κ1) is 11.3. The number of hydrogen-bond donors (Lipinski definition) is 0. The van der Waals surface area contributed by atoms with Crippen LogP contribution in [0, 0.1) is 18.3 Å². The lowest BCUT2D eigenvalue weighted by atomic mass is 9.73. The van der Waals surface area contributed by atoms with Crippen molar-refractivity contribution in [2.24, 2.45) is 5.92 Å². The van der Waals surface area contributed by atoms with Crippen LogP contribution < -0.4 is 0 Å². The molecule has 1 aliphatic carbocycles. The molecule has 0 heterocycles. The van der Waals surface area contributed by atoms with E-state index in [4.69, 9.17) is 11.2 Å². The largest absolute Gasteiger partial charge is 0.374 e. The van der Waals surface area contributed by atoms with E-state index in [9.17, 15) is 0 Å². The Kier molecular flexibility index (Phi) is 4.22. The monoisotopic (exact) mass is 192 g/mol. The number of hydrogen-bond acceptors (Lipinski definition) is 1. The summed E-state index contributed by atoms with van der Waals surface area (Å²) in [7, 11) is 1.80. The van der Waals surface area contributed by atoms with Crippen molar-refractivity contribution < 1.29 is 4.74 Å². The van der Waals surface area contributed by atoms with E-state index in [0.29, 0.717) is 5.92 Å².